The minimum absolute atomic E-state index is 0.0211. The number of nitrogens with two attached hydrogens (primary N) is 1. The Balaban J connectivity index is 2.34. The van der Waals surface area contributed by atoms with Gasteiger partial charge in [-0.3, -0.25) is 4.68 Å². The molecule has 0 saturated heterocycles. The SMILES string of the molecule is CC(C)n1nc(-c2ccc(F)c(C#N)c2)c2c(N)nccc21. The van der Waals surface area contributed by atoms with Gasteiger partial charge in [0.05, 0.1) is 16.5 Å². The van der Waals surface area contributed by atoms with E-state index in [1.165, 1.54) is 12.1 Å². The van der Waals surface area contributed by atoms with E-state index in [0.717, 1.165) is 5.52 Å². The number of hydrogen-bond donors (Lipinski definition) is 1. The Morgan fingerprint density at radius 1 is 1.32 bits per heavy atom. The molecule has 0 bridgehead atoms. The molecule has 0 fully saturated rings. The summed E-state index contributed by atoms with van der Waals surface area (Å²) in [6, 6.07) is 8.16. The third kappa shape index (κ3) is 2.07. The molecule has 2 aromatic heterocycles. The molecule has 22 heavy (non-hydrogen) atoms. The Labute approximate surface area is 126 Å². The van der Waals surface area contributed by atoms with Crippen molar-refractivity contribution in [3.8, 4) is 17.3 Å². The van der Waals surface area contributed by atoms with Crippen LogP contribution in [0.5, 0.6) is 0 Å². The van der Waals surface area contributed by atoms with Crippen molar-refractivity contribution in [2.75, 3.05) is 5.73 Å². The molecule has 0 aliphatic heterocycles. The van der Waals surface area contributed by atoms with Gasteiger partial charge in [-0.05, 0) is 38.1 Å². The molecule has 2 heterocycles. The van der Waals surface area contributed by atoms with E-state index in [1.54, 1.807) is 12.3 Å². The van der Waals surface area contributed by atoms with Crippen molar-refractivity contribution in [1.29, 1.82) is 5.26 Å². The molecular weight excluding hydrogens is 281 g/mol. The number of benzene rings is 1. The zero-order valence-electron chi connectivity index (χ0n) is 12.2. The molecule has 0 spiro atoms. The first-order valence-corrected chi connectivity index (χ1v) is 6.85. The van der Waals surface area contributed by atoms with Crippen LogP contribution in [0.3, 0.4) is 0 Å². The van der Waals surface area contributed by atoms with Gasteiger partial charge in [0, 0.05) is 17.8 Å². The van der Waals surface area contributed by atoms with E-state index in [-0.39, 0.29) is 11.6 Å². The predicted molar refractivity (Wildman–Crippen MR) is 82.4 cm³/mol. The van der Waals surface area contributed by atoms with Crippen molar-refractivity contribution in [2.24, 2.45) is 0 Å². The summed E-state index contributed by atoms with van der Waals surface area (Å²) in [5, 5.41) is 14.3. The number of nitrogens with zero attached hydrogens (tertiary/aromatic N) is 4. The summed E-state index contributed by atoms with van der Waals surface area (Å²) in [7, 11) is 0. The van der Waals surface area contributed by atoms with E-state index in [9.17, 15) is 4.39 Å². The molecule has 5 nitrogen and oxygen atoms in total. The molecule has 3 rings (SSSR count). The van der Waals surface area contributed by atoms with Crippen molar-refractivity contribution < 1.29 is 4.39 Å². The van der Waals surface area contributed by atoms with Crippen LogP contribution in [0.1, 0.15) is 25.5 Å². The lowest BCUT2D eigenvalue weighted by molar-refractivity contribution is 0.552. The number of hydrogen-bond acceptors (Lipinski definition) is 4. The maximum Gasteiger partial charge on any atom is 0.140 e. The van der Waals surface area contributed by atoms with Crippen LogP contribution < -0.4 is 5.73 Å². The molecule has 0 aliphatic carbocycles. The monoisotopic (exact) mass is 295 g/mol. The number of anilines is 1. The highest BCUT2D eigenvalue weighted by molar-refractivity contribution is 6.00. The van der Waals surface area contributed by atoms with Gasteiger partial charge in [-0.1, -0.05) is 0 Å². The Bertz CT molecular complexity index is 905. The summed E-state index contributed by atoms with van der Waals surface area (Å²) >= 11 is 0. The molecule has 0 radical (unpaired) electrons. The van der Waals surface area contributed by atoms with Crippen molar-refractivity contribution in [2.45, 2.75) is 19.9 Å². The summed E-state index contributed by atoms with van der Waals surface area (Å²) in [5.74, 6) is -0.188. The Kier molecular flexibility index (Phi) is 3.26. The number of aromatic nitrogens is 3. The van der Waals surface area contributed by atoms with Crippen molar-refractivity contribution in [1.82, 2.24) is 14.8 Å². The summed E-state index contributed by atoms with van der Waals surface area (Å²) in [5.41, 5.74) is 8.09. The van der Waals surface area contributed by atoms with Crippen LogP contribution in [0.25, 0.3) is 22.2 Å². The number of nitrogen functional groups attached to an aromatic ring is 1. The van der Waals surface area contributed by atoms with Crippen LogP contribution >= 0.6 is 0 Å². The van der Waals surface area contributed by atoms with Gasteiger partial charge in [0.15, 0.2) is 0 Å². The van der Waals surface area contributed by atoms with Gasteiger partial charge >= 0.3 is 0 Å². The highest BCUT2D eigenvalue weighted by Crippen LogP contribution is 2.33. The van der Waals surface area contributed by atoms with E-state index in [4.69, 9.17) is 11.0 Å². The van der Waals surface area contributed by atoms with Gasteiger partial charge < -0.3 is 5.73 Å². The van der Waals surface area contributed by atoms with Gasteiger partial charge in [0.1, 0.15) is 23.4 Å². The Morgan fingerprint density at radius 3 is 2.77 bits per heavy atom. The lowest BCUT2D eigenvalue weighted by atomic mass is 10.1. The maximum absolute atomic E-state index is 13.5. The standard InChI is InChI=1S/C16H14FN5/c1-9(2)22-13-5-6-20-16(19)14(13)15(21-22)10-3-4-12(17)11(7-10)8-18/h3-7,9H,1-2H3,(H2,19,20). The first kappa shape index (κ1) is 14.0. The van der Waals surface area contributed by atoms with E-state index in [1.807, 2.05) is 30.7 Å². The molecule has 0 atom stereocenters. The first-order chi connectivity index (χ1) is 10.5. The number of fused-ring (bicyclic) bond motifs is 1. The first-order valence-electron chi connectivity index (χ1n) is 6.85. The van der Waals surface area contributed by atoms with E-state index in [2.05, 4.69) is 10.1 Å². The fourth-order valence-corrected chi connectivity index (χ4v) is 2.47. The average molecular weight is 295 g/mol. The van der Waals surface area contributed by atoms with E-state index >= 15 is 0 Å². The third-order valence-electron chi connectivity index (χ3n) is 3.50. The zero-order chi connectivity index (χ0) is 15.9. The van der Waals surface area contributed by atoms with Crippen LogP contribution in [0, 0.1) is 17.1 Å². The minimum atomic E-state index is -0.551. The summed E-state index contributed by atoms with van der Waals surface area (Å²) in [6.07, 6.45) is 1.63. The van der Waals surface area contributed by atoms with Crippen LogP contribution in [-0.4, -0.2) is 14.8 Å². The molecular formula is C16H14FN5. The molecule has 1 aromatic carbocycles. The van der Waals surface area contributed by atoms with Crippen molar-refractivity contribution >= 4 is 16.7 Å². The quantitative estimate of drug-likeness (QED) is 0.786. The second-order valence-corrected chi connectivity index (χ2v) is 5.28. The molecule has 0 aliphatic rings. The fourth-order valence-electron chi connectivity index (χ4n) is 2.47. The predicted octanol–water partition coefficient (Wildman–Crippen LogP) is 3.27. The van der Waals surface area contributed by atoms with E-state index < -0.39 is 5.82 Å². The molecule has 110 valence electrons. The van der Waals surface area contributed by atoms with Crippen LogP contribution in [-0.2, 0) is 0 Å². The van der Waals surface area contributed by atoms with Gasteiger partial charge in [0.2, 0.25) is 0 Å². The normalized spacial score (nSPS) is 11.0. The van der Waals surface area contributed by atoms with Crippen LogP contribution in [0.4, 0.5) is 10.2 Å². The Hall–Kier alpha value is -2.94. The second kappa shape index (κ2) is 5.11. The minimum Gasteiger partial charge on any atom is -0.383 e. The lowest BCUT2D eigenvalue weighted by Crippen LogP contribution is -2.02. The number of halogens is 1. The summed E-state index contributed by atoms with van der Waals surface area (Å²) < 4.78 is 15.4. The van der Waals surface area contributed by atoms with Gasteiger partial charge in [-0.25, -0.2) is 9.37 Å². The molecule has 2 N–H and O–H groups in total. The maximum atomic E-state index is 13.5. The number of nitriles is 1. The van der Waals surface area contributed by atoms with Gasteiger partial charge in [-0.15, -0.1) is 0 Å². The highest BCUT2D eigenvalue weighted by atomic mass is 19.1. The average Bonchev–Trinajstić information content (AvgIpc) is 2.89. The Morgan fingerprint density at radius 2 is 2.09 bits per heavy atom. The second-order valence-electron chi connectivity index (χ2n) is 5.28. The highest BCUT2D eigenvalue weighted by Gasteiger charge is 2.18. The lowest BCUT2D eigenvalue weighted by Gasteiger charge is -2.06. The zero-order valence-corrected chi connectivity index (χ0v) is 12.2. The van der Waals surface area contributed by atoms with Gasteiger partial charge in [0.25, 0.3) is 0 Å². The molecule has 6 heteroatoms. The van der Waals surface area contributed by atoms with Crippen LogP contribution in [0.2, 0.25) is 0 Å². The van der Waals surface area contributed by atoms with Crippen LogP contribution in [0.15, 0.2) is 30.5 Å². The fraction of sp³-hybridized carbons (Fsp3) is 0.188. The van der Waals surface area contributed by atoms with E-state index in [0.29, 0.717) is 22.5 Å². The summed E-state index contributed by atoms with van der Waals surface area (Å²) in [6.45, 7) is 4.02. The topological polar surface area (TPSA) is 80.5 Å². The molecule has 0 amide bonds. The smallest absolute Gasteiger partial charge is 0.140 e. The number of pyridine rings is 1. The number of rotatable bonds is 2. The third-order valence-corrected chi connectivity index (χ3v) is 3.50. The molecule has 3 aromatic rings. The van der Waals surface area contributed by atoms with Crippen molar-refractivity contribution in [3.05, 3.63) is 41.8 Å². The molecule has 0 unspecified atom stereocenters. The molecule has 0 saturated carbocycles. The largest absolute Gasteiger partial charge is 0.383 e. The summed E-state index contributed by atoms with van der Waals surface area (Å²) in [4.78, 5) is 4.11. The van der Waals surface area contributed by atoms with Crippen molar-refractivity contribution in [3.63, 3.8) is 0 Å². The van der Waals surface area contributed by atoms with Gasteiger partial charge in [-0.2, -0.15) is 10.4 Å².